The zero-order chi connectivity index (χ0) is 26.5. The van der Waals surface area contributed by atoms with Crippen molar-refractivity contribution in [2.24, 2.45) is 63.6 Å². The molecule has 7 unspecified atom stereocenters. The molecule has 1 N–H and O–H groups in total. The van der Waals surface area contributed by atoms with Gasteiger partial charge < -0.3 is 24.1 Å². The number of fused-ring (bicyclic) bond motifs is 3. The number of carboxylic acids is 1. The number of ether oxygens (including phenoxy) is 3. The predicted octanol–water partition coefficient (Wildman–Crippen LogP) is 5.35. The number of allylic oxidation sites excluding steroid dienone is 1. The van der Waals surface area contributed by atoms with Gasteiger partial charge in [-0.1, -0.05) is 52.7 Å². The molecule has 6 nitrogen and oxygen atoms in total. The zero-order valence-corrected chi connectivity index (χ0v) is 23.4. The molecule has 3 saturated carbocycles. The largest absolute Gasteiger partial charge is 0.481 e. The molecule has 6 aliphatic rings. The first-order chi connectivity index (χ1) is 17.5. The second kappa shape index (κ2) is 8.63. The molecule has 0 spiro atoms. The molecule has 4 aliphatic carbocycles. The molecule has 37 heavy (non-hydrogen) atoms. The monoisotopic (exact) mass is 514 g/mol. The average Bonchev–Trinajstić information content (AvgIpc) is 3.55. The summed E-state index contributed by atoms with van der Waals surface area (Å²) in [7, 11) is 0. The number of aliphatic carboxylic acids is 1. The van der Waals surface area contributed by atoms with Crippen LogP contribution in [0.2, 0.25) is 0 Å². The maximum atomic E-state index is 13.6. The lowest BCUT2D eigenvalue weighted by atomic mass is 9.43. The van der Waals surface area contributed by atoms with Crippen LogP contribution in [0.3, 0.4) is 0 Å². The van der Waals surface area contributed by atoms with Gasteiger partial charge in [-0.05, 0) is 73.5 Å². The summed E-state index contributed by atoms with van der Waals surface area (Å²) in [5.41, 5.74) is -1.67. The minimum absolute atomic E-state index is 0.0518. The Morgan fingerprint density at radius 2 is 1.95 bits per heavy atom. The Morgan fingerprint density at radius 1 is 1.19 bits per heavy atom. The Bertz CT molecular complexity index is 982. The number of carbonyl (C=O) groups is 2. The molecule has 2 saturated heterocycles. The van der Waals surface area contributed by atoms with Crippen molar-refractivity contribution in [1.82, 2.24) is 0 Å². The first-order valence-corrected chi connectivity index (χ1v) is 14.8. The number of carboxylic acid groups (broad SMARTS) is 1. The van der Waals surface area contributed by atoms with E-state index in [1.807, 2.05) is 0 Å². The minimum Gasteiger partial charge on any atom is -0.481 e. The summed E-state index contributed by atoms with van der Waals surface area (Å²) < 4.78 is 19.2. The highest BCUT2D eigenvalue weighted by atomic mass is 16.7. The Morgan fingerprint density at radius 3 is 2.59 bits per heavy atom. The van der Waals surface area contributed by atoms with Gasteiger partial charge in [-0.3, -0.25) is 4.79 Å². The van der Waals surface area contributed by atoms with E-state index in [0.29, 0.717) is 42.6 Å². The highest BCUT2D eigenvalue weighted by Gasteiger charge is 2.84. The summed E-state index contributed by atoms with van der Waals surface area (Å²) >= 11 is 0. The van der Waals surface area contributed by atoms with E-state index in [-0.39, 0.29) is 36.3 Å². The highest BCUT2D eigenvalue weighted by Crippen LogP contribution is 2.82. The van der Waals surface area contributed by atoms with Crippen LogP contribution in [0.1, 0.15) is 73.6 Å². The SMILES string of the molecule is CC(C)C1=CC2C[C@@]3(C=O)C4CC[C@@H](C)C4CC2(CO[C@H]2CC4C(OC[C@@H]4C(C)C)[C@@H](C)O2)C13C(=O)O. The van der Waals surface area contributed by atoms with E-state index in [4.69, 9.17) is 14.2 Å². The van der Waals surface area contributed by atoms with Crippen LogP contribution in [-0.4, -0.2) is 49.1 Å². The molecular weight excluding hydrogens is 468 g/mol. The molecule has 12 atom stereocenters. The summed E-state index contributed by atoms with van der Waals surface area (Å²) in [4.78, 5) is 26.8. The minimum atomic E-state index is -1.19. The smallest absolute Gasteiger partial charge is 0.315 e. The predicted molar refractivity (Wildman–Crippen MR) is 138 cm³/mol. The molecular formula is C31H46O6. The summed E-state index contributed by atoms with van der Waals surface area (Å²) in [6.07, 6.45) is 7.30. The maximum Gasteiger partial charge on any atom is 0.315 e. The van der Waals surface area contributed by atoms with E-state index in [0.717, 1.165) is 44.1 Å². The van der Waals surface area contributed by atoms with Gasteiger partial charge in [-0.15, -0.1) is 0 Å². The third kappa shape index (κ3) is 3.10. The fraction of sp³-hybridized carbons (Fsp3) is 0.871. The van der Waals surface area contributed by atoms with E-state index in [2.05, 4.69) is 47.6 Å². The summed E-state index contributed by atoms with van der Waals surface area (Å²) in [5, 5.41) is 11.2. The summed E-state index contributed by atoms with van der Waals surface area (Å²) in [5.74, 6) is 1.74. The number of hydrogen-bond donors (Lipinski definition) is 1. The molecule has 2 heterocycles. The fourth-order valence-corrected chi connectivity index (χ4v) is 10.8. The number of hydrogen-bond acceptors (Lipinski definition) is 5. The van der Waals surface area contributed by atoms with Crippen molar-refractivity contribution in [2.75, 3.05) is 13.2 Å². The van der Waals surface area contributed by atoms with E-state index in [1.165, 1.54) is 0 Å². The van der Waals surface area contributed by atoms with Crippen LogP contribution >= 0.6 is 0 Å². The number of aldehydes is 1. The van der Waals surface area contributed by atoms with Gasteiger partial charge in [-0.2, -0.15) is 0 Å². The third-order valence-electron chi connectivity index (χ3n) is 12.3. The maximum absolute atomic E-state index is 13.6. The van der Waals surface area contributed by atoms with Crippen molar-refractivity contribution in [3.05, 3.63) is 11.6 Å². The second-order valence-electron chi connectivity index (χ2n) is 14.2. The molecule has 0 aromatic carbocycles. The molecule has 4 bridgehead atoms. The van der Waals surface area contributed by atoms with Crippen LogP contribution in [0.5, 0.6) is 0 Å². The molecule has 5 fully saturated rings. The van der Waals surface area contributed by atoms with Crippen LogP contribution in [0.25, 0.3) is 0 Å². The molecule has 0 radical (unpaired) electrons. The van der Waals surface area contributed by atoms with E-state index >= 15 is 0 Å². The third-order valence-corrected chi connectivity index (χ3v) is 12.3. The van der Waals surface area contributed by atoms with Crippen LogP contribution in [0, 0.1) is 63.6 Å². The van der Waals surface area contributed by atoms with Crippen LogP contribution < -0.4 is 0 Å². The van der Waals surface area contributed by atoms with Gasteiger partial charge in [0.15, 0.2) is 6.29 Å². The number of rotatable bonds is 7. The fourth-order valence-electron chi connectivity index (χ4n) is 10.8. The quantitative estimate of drug-likeness (QED) is 0.364. The van der Waals surface area contributed by atoms with Gasteiger partial charge in [0, 0.05) is 11.8 Å². The Labute approximate surface area is 221 Å². The molecule has 6 heteroatoms. The van der Waals surface area contributed by atoms with Crippen molar-refractivity contribution < 1.29 is 28.9 Å². The first kappa shape index (κ1) is 26.0. The van der Waals surface area contributed by atoms with E-state index in [1.54, 1.807) is 0 Å². The van der Waals surface area contributed by atoms with Crippen LogP contribution in [0.4, 0.5) is 0 Å². The van der Waals surface area contributed by atoms with Gasteiger partial charge in [0.1, 0.15) is 11.7 Å². The highest BCUT2D eigenvalue weighted by molar-refractivity contribution is 5.90. The lowest BCUT2D eigenvalue weighted by Crippen LogP contribution is -2.63. The van der Waals surface area contributed by atoms with E-state index < -0.39 is 22.2 Å². The first-order valence-electron chi connectivity index (χ1n) is 14.8. The van der Waals surface area contributed by atoms with E-state index in [9.17, 15) is 14.7 Å². The zero-order valence-electron chi connectivity index (χ0n) is 23.4. The molecule has 0 aromatic rings. The molecule has 0 amide bonds. The average molecular weight is 515 g/mol. The standard InChI is InChI=1S/C31H46O6/c1-16(2)23-13-35-27-19(6)37-26(10-21(23)27)36-15-30-12-22-18(5)7-8-24(22)29(14-32)11-20(30)9-25(17(3)4)31(29,30)28(33)34/h9,14,16-24,26-27H,7-8,10-13,15H2,1-6H3,(H,33,34)/t18-,19-,20?,21?,22?,23-,24?,26-,27?,29-,30?,31?/m1/s1. The molecule has 6 rings (SSSR count). The number of carbonyl (C=O) groups excluding carboxylic acids is 1. The van der Waals surface area contributed by atoms with Gasteiger partial charge in [0.25, 0.3) is 0 Å². The van der Waals surface area contributed by atoms with Gasteiger partial charge in [0.2, 0.25) is 0 Å². The van der Waals surface area contributed by atoms with Gasteiger partial charge in [0.05, 0.1) is 30.8 Å². The van der Waals surface area contributed by atoms with Crippen molar-refractivity contribution >= 4 is 12.3 Å². The lowest BCUT2D eigenvalue weighted by Gasteiger charge is -2.58. The van der Waals surface area contributed by atoms with Crippen LogP contribution in [-0.2, 0) is 23.8 Å². The molecule has 206 valence electrons. The molecule has 2 aliphatic heterocycles. The van der Waals surface area contributed by atoms with Crippen molar-refractivity contribution in [3.8, 4) is 0 Å². The van der Waals surface area contributed by atoms with Gasteiger partial charge in [-0.25, -0.2) is 0 Å². The Hall–Kier alpha value is -1.24. The Balaban J connectivity index is 1.36. The van der Waals surface area contributed by atoms with Crippen LogP contribution in [0.15, 0.2) is 11.6 Å². The van der Waals surface area contributed by atoms with Gasteiger partial charge >= 0.3 is 5.97 Å². The topological polar surface area (TPSA) is 82.1 Å². The van der Waals surface area contributed by atoms with Crippen molar-refractivity contribution in [3.63, 3.8) is 0 Å². The normalized spacial score (nSPS) is 51.9. The lowest BCUT2D eigenvalue weighted by molar-refractivity contribution is -0.251. The summed E-state index contributed by atoms with van der Waals surface area (Å²) in [6.45, 7) is 14.2. The Kier molecular flexibility index (Phi) is 6.06. The molecule has 0 aromatic heterocycles. The second-order valence-corrected chi connectivity index (χ2v) is 14.2. The van der Waals surface area contributed by atoms with Crippen molar-refractivity contribution in [1.29, 1.82) is 0 Å². The summed E-state index contributed by atoms with van der Waals surface area (Å²) in [6, 6.07) is 0. The van der Waals surface area contributed by atoms with Crippen molar-refractivity contribution in [2.45, 2.75) is 92.1 Å².